The largest absolute Gasteiger partial charge is 0.423 e. The van der Waals surface area contributed by atoms with Crippen LogP contribution in [0.1, 0.15) is 19.8 Å². The van der Waals surface area contributed by atoms with E-state index in [1.54, 1.807) is 12.1 Å². The maximum absolute atomic E-state index is 10.9. The molecule has 1 unspecified atom stereocenters. The number of non-ortho nitro benzene ring substituents is 1. The lowest BCUT2D eigenvalue weighted by molar-refractivity contribution is -0.383. The lowest BCUT2D eigenvalue weighted by Gasteiger charge is -2.21. The lowest BCUT2D eigenvalue weighted by atomic mass is 10.1. The van der Waals surface area contributed by atoms with Crippen molar-refractivity contribution in [2.24, 2.45) is 0 Å². The summed E-state index contributed by atoms with van der Waals surface area (Å²) in [5.74, 6) is 1.18. The van der Waals surface area contributed by atoms with Crippen LogP contribution in [0, 0.1) is 10.1 Å². The third kappa shape index (κ3) is 2.45. The Morgan fingerprint density at radius 1 is 1.60 bits per heavy atom. The van der Waals surface area contributed by atoms with E-state index in [1.165, 1.54) is 18.2 Å². The number of fused-ring (bicyclic) bond motifs is 1. The molecule has 1 saturated heterocycles. The van der Waals surface area contributed by atoms with Crippen LogP contribution >= 0.6 is 11.8 Å². The molecule has 6 nitrogen and oxygen atoms in total. The van der Waals surface area contributed by atoms with Gasteiger partial charge in [-0.2, -0.15) is 16.7 Å². The third-order valence-corrected chi connectivity index (χ3v) is 5.05. The van der Waals surface area contributed by atoms with E-state index in [9.17, 15) is 10.1 Å². The summed E-state index contributed by atoms with van der Waals surface area (Å²) in [6.45, 7) is 2.96. The van der Waals surface area contributed by atoms with E-state index in [1.807, 2.05) is 11.8 Å². The van der Waals surface area contributed by atoms with Crippen LogP contribution in [0.25, 0.3) is 11.1 Å². The molecule has 0 radical (unpaired) electrons. The number of nitrogens with one attached hydrogen (secondary N) is 1. The Morgan fingerprint density at radius 3 is 3.15 bits per heavy atom. The van der Waals surface area contributed by atoms with Gasteiger partial charge in [0.25, 0.3) is 11.7 Å². The Hall–Kier alpha value is -1.76. The normalized spacial score (nSPS) is 22.2. The predicted molar refractivity (Wildman–Crippen MR) is 79.3 cm³/mol. The zero-order valence-corrected chi connectivity index (χ0v) is 11.9. The molecule has 1 aromatic carbocycles. The molecule has 106 valence electrons. The Balaban J connectivity index is 1.82. The molecule has 1 atom stereocenters. The molecular weight excluding hydrogens is 278 g/mol. The zero-order chi connectivity index (χ0) is 14.2. The van der Waals surface area contributed by atoms with Crippen LogP contribution in [0.4, 0.5) is 11.7 Å². The Kier molecular flexibility index (Phi) is 3.29. The standard InChI is InChI=1S/C13H15N3O3S/c1-13(6-3-7-20-13)8-14-12-15-11-9(16(17)18)4-2-5-10(11)19-12/h2,4-5H,3,6-8H2,1H3,(H,14,15). The van der Waals surface area contributed by atoms with Crippen LogP contribution in [0.2, 0.25) is 0 Å². The molecule has 2 aromatic rings. The molecule has 20 heavy (non-hydrogen) atoms. The van der Waals surface area contributed by atoms with Gasteiger partial charge in [-0.25, -0.2) is 0 Å². The smallest absolute Gasteiger partial charge is 0.298 e. The van der Waals surface area contributed by atoms with Gasteiger partial charge in [0, 0.05) is 17.4 Å². The summed E-state index contributed by atoms with van der Waals surface area (Å²) < 4.78 is 5.71. The van der Waals surface area contributed by atoms with Crippen molar-refractivity contribution in [3.63, 3.8) is 0 Å². The van der Waals surface area contributed by atoms with Gasteiger partial charge in [0.15, 0.2) is 11.1 Å². The van der Waals surface area contributed by atoms with Crippen LogP contribution in [0.5, 0.6) is 0 Å². The molecule has 0 spiro atoms. The first-order valence-corrected chi connectivity index (χ1v) is 7.48. The molecule has 0 saturated carbocycles. The zero-order valence-electron chi connectivity index (χ0n) is 11.1. The van der Waals surface area contributed by atoms with Crippen molar-refractivity contribution in [3.05, 3.63) is 28.3 Å². The molecule has 0 amide bonds. The molecule has 1 N–H and O–H groups in total. The van der Waals surface area contributed by atoms with Crippen LogP contribution < -0.4 is 5.32 Å². The summed E-state index contributed by atoms with van der Waals surface area (Å²) in [7, 11) is 0. The number of hydrogen-bond acceptors (Lipinski definition) is 6. The van der Waals surface area contributed by atoms with Gasteiger partial charge in [-0.15, -0.1) is 0 Å². The van der Waals surface area contributed by atoms with Crippen molar-refractivity contribution in [3.8, 4) is 0 Å². The molecule has 1 aliphatic heterocycles. The average molecular weight is 293 g/mol. The number of nitrogens with zero attached hydrogens (tertiary/aromatic N) is 2. The summed E-state index contributed by atoms with van der Waals surface area (Å²) >= 11 is 1.94. The molecule has 2 heterocycles. The lowest BCUT2D eigenvalue weighted by Crippen LogP contribution is -2.27. The second kappa shape index (κ2) is 4.97. The highest BCUT2D eigenvalue weighted by Crippen LogP contribution is 2.38. The van der Waals surface area contributed by atoms with Gasteiger partial charge in [0.1, 0.15) is 0 Å². The number of oxazole rings is 1. The fraction of sp³-hybridized carbons (Fsp3) is 0.462. The summed E-state index contributed by atoms with van der Waals surface area (Å²) in [4.78, 5) is 14.7. The number of thioether (sulfide) groups is 1. The van der Waals surface area contributed by atoms with Crippen LogP contribution in [-0.4, -0.2) is 27.0 Å². The van der Waals surface area contributed by atoms with Crippen LogP contribution in [-0.2, 0) is 0 Å². The van der Waals surface area contributed by atoms with E-state index in [0.717, 1.165) is 13.0 Å². The van der Waals surface area contributed by atoms with Gasteiger partial charge < -0.3 is 9.73 Å². The van der Waals surface area contributed by atoms with Crippen molar-refractivity contribution in [2.45, 2.75) is 24.5 Å². The summed E-state index contributed by atoms with van der Waals surface area (Å²) in [6, 6.07) is 5.07. The van der Waals surface area contributed by atoms with Gasteiger partial charge in [0.05, 0.1) is 4.92 Å². The van der Waals surface area contributed by atoms with Crippen molar-refractivity contribution in [1.82, 2.24) is 4.98 Å². The summed E-state index contributed by atoms with van der Waals surface area (Å²) in [6.07, 6.45) is 2.38. The van der Waals surface area contributed by atoms with Gasteiger partial charge in [-0.3, -0.25) is 10.1 Å². The number of rotatable bonds is 4. The highest BCUT2D eigenvalue weighted by atomic mass is 32.2. The maximum atomic E-state index is 10.9. The van der Waals surface area contributed by atoms with Crippen LogP contribution in [0.3, 0.4) is 0 Å². The van der Waals surface area contributed by atoms with Crippen LogP contribution in [0.15, 0.2) is 22.6 Å². The Labute approximate surface area is 120 Å². The molecule has 3 rings (SSSR count). The maximum Gasteiger partial charge on any atom is 0.298 e. The Morgan fingerprint density at radius 2 is 2.45 bits per heavy atom. The first kappa shape index (κ1) is 13.2. The van der Waals surface area contributed by atoms with Crippen molar-refractivity contribution in [2.75, 3.05) is 17.6 Å². The summed E-state index contributed by atoms with van der Waals surface area (Å²) in [5.41, 5.74) is 0.705. The number of anilines is 1. The number of benzene rings is 1. The van der Waals surface area contributed by atoms with E-state index in [2.05, 4.69) is 17.2 Å². The van der Waals surface area contributed by atoms with Gasteiger partial charge in [-0.05, 0) is 31.6 Å². The van der Waals surface area contributed by atoms with E-state index >= 15 is 0 Å². The predicted octanol–water partition coefficient (Wildman–Crippen LogP) is 3.43. The first-order valence-electron chi connectivity index (χ1n) is 6.49. The Bertz CT molecular complexity index is 649. The first-order chi connectivity index (χ1) is 9.57. The molecular formula is C13H15N3O3S. The number of aromatic nitrogens is 1. The van der Waals surface area contributed by atoms with E-state index in [4.69, 9.17) is 4.42 Å². The van der Waals surface area contributed by atoms with E-state index in [-0.39, 0.29) is 10.4 Å². The fourth-order valence-corrected chi connectivity index (χ4v) is 3.64. The molecule has 0 aliphatic carbocycles. The molecule has 0 bridgehead atoms. The molecule has 1 aromatic heterocycles. The SMILES string of the molecule is CC1(CNc2nc3c([N+](=O)[O-])cccc3o2)CCCS1. The quantitative estimate of drug-likeness (QED) is 0.687. The van der Waals surface area contributed by atoms with Crippen molar-refractivity contribution in [1.29, 1.82) is 0 Å². The van der Waals surface area contributed by atoms with Gasteiger partial charge in [-0.1, -0.05) is 6.07 Å². The average Bonchev–Trinajstić information content (AvgIpc) is 3.02. The number of nitro benzene ring substituents is 1. The monoisotopic (exact) mass is 293 g/mol. The molecule has 1 aliphatic rings. The van der Waals surface area contributed by atoms with E-state index < -0.39 is 4.92 Å². The fourth-order valence-electron chi connectivity index (χ4n) is 2.40. The minimum atomic E-state index is -0.442. The number of para-hydroxylation sites is 1. The second-order valence-electron chi connectivity index (χ2n) is 5.16. The second-order valence-corrected chi connectivity index (χ2v) is 6.84. The van der Waals surface area contributed by atoms with Crippen molar-refractivity contribution < 1.29 is 9.34 Å². The minimum absolute atomic E-state index is 0.0271. The topological polar surface area (TPSA) is 81.2 Å². The van der Waals surface area contributed by atoms with E-state index in [0.29, 0.717) is 17.1 Å². The highest BCUT2D eigenvalue weighted by molar-refractivity contribution is 8.00. The third-order valence-electron chi connectivity index (χ3n) is 3.51. The number of nitro groups is 1. The molecule has 7 heteroatoms. The highest BCUT2D eigenvalue weighted by Gasteiger charge is 2.29. The van der Waals surface area contributed by atoms with Crippen molar-refractivity contribution >= 4 is 34.6 Å². The van der Waals surface area contributed by atoms with Gasteiger partial charge >= 0.3 is 0 Å². The summed E-state index contributed by atoms with van der Waals surface area (Å²) in [5, 5.41) is 14.1. The minimum Gasteiger partial charge on any atom is -0.423 e. The van der Waals surface area contributed by atoms with Gasteiger partial charge in [0.2, 0.25) is 0 Å². The molecule has 1 fully saturated rings. The number of hydrogen-bond donors (Lipinski definition) is 1.